The zero-order valence-corrected chi connectivity index (χ0v) is 18.7. The van der Waals surface area contributed by atoms with E-state index in [1.54, 1.807) is 21.9 Å². The minimum absolute atomic E-state index is 0.00348. The maximum Gasteiger partial charge on any atom is 0.425 e. The first kappa shape index (κ1) is 25.2. The number of amides is 1. The van der Waals surface area contributed by atoms with Crippen molar-refractivity contribution >= 4 is 11.7 Å². The van der Waals surface area contributed by atoms with Gasteiger partial charge in [-0.15, -0.1) is 0 Å². The molecule has 1 saturated heterocycles. The van der Waals surface area contributed by atoms with Crippen molar-refractivity contribution in [3.05, 3.63) is 34.3 Å². The van der Waals surface area contributed by atoms with Gasteiger partial charge in [-0.25, -0.2) is 5.10 Å². The second kappa shape index (κ2) is 11.1. The van der Waals surface area contributed by atoms with Crippen molar-refractivity contribution < 1.29 is 22.7 Å². The van der Waals surface area contributed by atoms with E-state index in [0.717, 1.165) is 12.0 Å². The molecule has 1 N–H and O–H groups in total. The first-order valence-corrected chi connectivity index (χ1v) is 10.8. The van der Waals surface area contributed by atoms with Crippen LogP contribution in [0.1, 0.15) is 12.0 Å². The SMILES string of the molecule is CN(CCOc1cn[nH]c(=O)c1C(F)(F)F)CCC(=O)N1CCN(C2=NCC(C#N)C=C2)CC1. The molecule has 0 saturated carbocycles. The number of aliphatic imine (C=N–C) groups is 1. The van der Waals surface area contributed by atoms with Gasteiger partial charge in [0, 0.05) is 45.7 Å². The van der Waals surface area contributed by atoms with Crippen molar-refractivity contribution in [2.24, 2.45) is 10.9 Å². The summed E-state index contributed by atoms with van der Waals surface area (Å²) in [5, 5.41) is 14.0. The van der Waals surface area contributed by atoms with Gasteiger partial charge in [0.15, 0.2) is 11.3 Å². The Hall–Kier alpha value is -3.40. The molecule has 0 aromatic carbocycles. The van der Waals surface area contributed by atoms with Crippen LogP contribution in [0, 0.1) is 17.2 Å². The Morgan fingerprint density at radius 3 is 2.68 bits per heavy atom. The van der Waals surface area contributed by atoms with Crippen LogP contribution in [0.2, 0.25) is 0 Å². The Morgan fingerprint density at radius 2 is 2.06 bits per heavy atom. The van der Waals surface area contributed by atoms with E-state index < -0.39 is 23.0 Å². The second-order valence-corrected chi connectivity index (χ2v) is 8.00. The lowest BCUT2D eigenvalue weighted by molar-refractivity contribution is -0.140. The van der Waals surface area contributed by atoms with Gasteiger partial charge in [-0.1, -0.05) is 6.08 Å². The van der Waals surface area contributed by atoms with E-state index in [9.17, 15) is 22.8 Å². The third-order valence-electron chi connectivity index (χ3n) is 5.59. The van der Waals surface area contributed by atoms with Crippen molar-refractivity contribution in [3.8, 4) is 11.8 Å². The van der Waals surface area contributed by atoms with Crippen molar-refractivity contribution in [1.82, 2.24) is 24.9 Å². The average Bonchev–Trinajstić information content (AvgIpc) is 2.82. The summed E-state index contributed by atoms with van der Waals surface area (Å²) < 4.78 is 44.3. The number of dihydropyridines is 1. The van der Waals surface area contributed by atoms with Crippen LogP contribution >= 0.6 is 0 Å². The van der Waals surface area contributed by atoms with Gasteiger partial charge >= 0.3 is 6.18 Å². The molecule has 1 aromatic rings. The van der Waals surface area contributed by atoms with Crippen LogP contribution < -0.4 is 10.3 Å². The maximum atomic E-state index is 13.0. The number of alkyl halides is 3. The Labute approximate surface area is 194 Å². The summed E-state index contributed by atoms with van der Waals surface area (Å²) in [5.74, 6) is 0.0192. The van der Waals surface area contributed by atoms with E-state index in [1.807, 2.05) is 12.2 Å². The number of aromatic amines is 1. The minimum Gasteiger partial charge on any atom is -0.490 e. The molecule has 2 aliphatic rings. The highest BCUT2D eigenvalue weighted by Crippen LogP contribution is 2.32. The molecule has 1 atom stereocenters. The third kappa shape index (κ3) is 6.57. The van der Waals surface area contributed by atoms with Crippen LogP contribution in [-0.2, 0) is 11.0 Å². The zero-order valence-electron chi connectivity index (χ0n) is 18.7. The summed E-state index contributed by atoms with van der Waals surface area (Å²) in [6, 6.07) is 2.17. The number of carbonyl (C=O) groups excluding carboxylic acids is 1. The maximum absolute atomic E-state index is 13.0. The third-order valence-corrected chi connectivity index (χ3v) is 5.59. The second-order valence-electron chi connectivity index (χ2n) is 8.00. The van der Waals surface area contributed by atoms with Crippen LogP contribution in [0.15, 0.2) is 28.1 Å². The number of likely N-dealkylation sites (N-methyl/N-ethyl adjacent to an activating group) is 1. The molecule has 13 heteroatoms. The molecule has 0 radical (unpaired) electrons. The molecule has 2 aliphatic heterocycles. The predicted octanol–water partition coefficient (Wildman–Crippen LogP) is 0.742. The van der Waals surface area contributed by atoms with Crippen LogP contribution in [0.25, 0.3) is 0 Å². The lowest BCUT2D eigenvalue weighted by Gasteiger charge is -2.36. The number of hydrogen-bond acceptors (Lipinski definition) is 8. The van der Waals surface area contributed by atoms with E-state index in [4.69, 9.17) is 10.00 Å². The summed E-state index contributed by atoms with van der Waals surface area (Å²) in [7, 11) is 1.73. The zero-order chi connectivity index (χ0) is 24.7. The highest BCUT2D eigenvalue weighted by Gasteiger charge is 2.38. The molecule has 1 amide bonds. The lowest BCUT2D eigenvalue weighted by Crippen LogP contribution is -2.51. The largest absolute Gasteiger partial charge is 0.490 e. The molecule has 1 fully saturated rings. The number of carbonyl (C=O) groups is 1. The summed E-state index contributed by atoms with van der Waals surface area (Å²) >= 11 is 0. The highest BCUT2D eigenvalue weighted by atomic mass is 19.4. The van der Waals surface area contributed by atoms with Crippen LogP contribution in [0.4, 0.5) is 13.2 Å². The van der Waals surface area contributed by atoms with Gasteiger partial charge in [0.1, 0.15) is 12.4 Å². The smallest absolute Gasteiger partial charge is 0.425 e. The number of rotatable bonds is 7. The molecule has 1 unspecified atom stereocenters. The quantitative estimate of drug-likeness (QED) is 0.610. The molecule has 34 heavy (non-hydrogen) atoms. The van der Waals surface area contributed by atoms with Gasteiger partial charge in [0.05, 0.1) is 24.7 Å². The first-order chi connectivity index (χ1) is 16.2. The van der Waals surface area contributed by atoms with Crippen molar-refractivity contribution in [2.75, 3.05) is 59.5 Å². The Bertz CT molecular complexity index is 1020. The normalized spacial score (nSPS) is 18.6. The van der Waals surface area contributed by atoms with E-state index in [1.165, 1.54) is 0 Å². The molecular formula is C21H26F3N7O3. The summed E-state index contributed by atoms with van der Waals surface area (Å²) in [6.45, 7) is 3.47. The number of halogens is 3. The predicted molar refractivity (Wildman–Crippen MR) is 116 cm³/mol. The number of aromatic nitrogens is 2. The monoisotopic (exact) mass is 481 g/mol. The number of nitrogens with zero attached hydrogens (tertiary/aromatic N) is 6. The fourth-order valence-electron chi connectivity index (χ4n) is 3.61. The van der Waals surface area contributed by atoms with Gasteiger partial charge in [0.25, 0.3) is 5.56 Å². The summed E-state index contributed by atoms with van der Waals surface area (Å²) in [6.07, 6.45) is -0.0699. The number of piperazine rings is 1. The van der Waals surface area contributed by atoms with Crippen LogP contribution in [-0.4, -0.2) is 96.1 Å². The number of nitriles is 1. The molecule has 10 nitrogen and oxygen atoms in total. The highest BCUT2D eigenvalue weighted by molar-refractivity contribution is 5.94. The van der Waals surface area contributed by atoms with Crippen molar-refractivity contribution in [1.29, 1.82) is 5.26 Å². The van der Waals surface area contributed by atoms with E-state index in [-0.39, 0.29) is 31.4 Å². The van der Waals surface area contributed by atoms with Gasteiger partial charge < -0.3 is 19.4 Å². The Balaban J connectivity index is 1.38. The van der Waals surface area contributed by atoms with E-state index in [0.29, 0.717) is 39.3 Å². The van der Waals surface area contributed by atoms with Crippen LogP contribution in [0.5, 0.6) is 5.75 Å². The minimum atomic E-state index is -4.85. The van der Waals surface area contributed by atoms with Crippen molar-refractivity contribution in [2.45, 2.75) is 12.6 Å². The molecule has 3 rings (SSSR count). The summed E-state index contributed by atoms with van der Waals surface area (Å²) in [4.78, 5) is 34.1. The molecule has 0 spiro atoms. The molecule has 184 valence electrons. The Morgan fingerprint density at radius 1 is 1.32 bits per heavy atom. The molecular weight excluding hydrogens is 455 g/mol. The van der Waals surface area contributed by atoms with Crippen molar-refractivity contribution in [3.63, 3.8) is 0 Å². The number of amidine groups is 1. The number of ether oxygens (including phenoxy) is 1. The van der Waals surface area contributed by atoms with Gasteiger partial charge in [-0.2, -0.15) is 23.5 Å². The van der Waals surface area contributed by atoms with Gasteiger partial charge in [-0.3, -0.25) is 14.6 Å². The fourth-order valence-corrected chi connectivity index (χ4v) is 3.61. The number of hydrogen-bond donors (Lipinski definition) is 1. The number of nitrogens with one attached hydrogen (secondary N) is 1. The molecule has 3 heterocycles. The topological polar surface area (TPSA) is 118 Å². The van der Waals surface area contributed by atoms with E-state index >= 15 is 0 Å². The average molecular weight is 481 g/mol. The summed E-state index contributed by atoms with van der Waals surface area (Å²) in [5.41, 5.74) is -2.78. The molecule has 0 bridgehead atoms. The molecule has 1 aromatic heterocycles. The standard InChI is InChI=1S/C21H26F3N7O3/c1-29(10-11-34-16-14-27-28-20(33)19(16)21(22,23)24)5-4-18(32)31-8-6-30(7-9-31)17-3-2-15(12-25)13-26-17/h2-3,14-15H,4-11,13H2,1H3,(H,28,33). The van der Waals surface area contributed by atoms with Crippen LogP contribution in [0.3, 0.4) is 0 Å². The van der Waals surface area contributed by atoms with E-state index in [2.05, 4.69) is 21.1 Å². The number of H-pyrrole nitrogens is 1. The van der Waals surface area contributed by atoms with Gasteiger partial charge in [-0.05, 0) is 13.1 Å². The first-order valence-electron chi connectivity index (χ1n) is 10.8. The Kier molecular flexibility index (Phi) is 8.27. The molecule has 0 aliphatic carbocycles. The fraction of sp³-hybridized carbons (Fsp3) is 0.571. The van der Waals surface area contributed by atoms with Gasteiger partial charge in [0.2, 0.25) is 5.91 Å². The lowest BCUT2D eigenvalue weighted by atomic mass is 10.1.